The van der Waals surface area contributed by atoms with Crippen molar-refractivity contribution in [1.82, 2.24) is 15.2 Å². The third kappa shape index (κ3) is 2.58. The number of rotatable bonds is 1. The maximum atomic E-state index is 12.2. The first-order valence-corrected chi connectivity index (χ1v) is 6.29. The monoisotopic (exact) mass is 299 g/mol. The van der Waals surface area contributed by atoms with Gasteiger partial charge in [-0.3, -0.25) is 9.59 Å². The minimum absolute atomic E-state index is 0.0454. The highest BCUT2D eigenvalue weighted by Crippen LogP contribution is 2.11. The van der Waals surface area contributed by atoms with Crippen molar-refractivity contribution < 1.29 is 4.79 Å². The molecule has 17 heavy (non-hydrogen) atoms. The number of amides is 1. The summed E-state index contributed by atoms with van der Waals surface area (Å²) in [5.74, 6) is -0.0454. The first kappa shape index (κ1) is 12.3. The Balaban J connectivity index is 2.23. The average Bonchev–Trinajstić information content (AvgIpc) is 2.32. The average molecular weight is 300 g/mol. The molecule has 1 amide bonds. The number of carbonyl (C=O) groups is 1. The van der Waals surface area contributed by atoms with Crippen LogP contribution in [0.25, 0.3) is 0 Å². The van der Waals surface area contributed by atoms with Crippen molar-refractivity contribution in [3.63, 3.8) is 0 Å². The van der Waals surface area contributed by atoms with Crippen molar-refractivity contribution in [2.24, 2.45) is 0 Å². The van der Waals surface area contributed by atoms with Crippen LogP contribution in [-0.4, -0.2) is 41.5 Å². The van der Waals surface area contributed by atoms with Crippen molar-refractivity contribution in [3.8, 4) is 0 Å². The van der Waals surface area contributed by atoms with E-state index in [0.29, 0.717) is 16.6 Å². The van der Waals surface area contributed by atoms with Crippen LogP contribution in [0.2, 0.25) is 0 Å². The SMILES string of the molecule is C[C@H]1CNCCN1C(=O)c1c[nH]c(=O)c(Br)c1. The molecule has 0 spiro atoms. The highest BCUT2D eigenvalue weighted by Gasteiger charge is 2.24. The van der Waals surface area contributed by atoms with Gasteiger partial charge >= 0.3 is 0 Å². The van der Waals surface area contributed by atoms with Crippen molar-refractivity contribution in [2.75, 3.05) is 19.6 Å². The van der Waals surface area contributed by atoms with E-state index in [-0.39, 0.29) is 17.5 Å². The van der Waals surface area contributed by atoms with Gasteiger partial charge in [-0.25, -0.2) is 0 Å². The summed E-state index contributed by atoms with van der Waals surface area (Å²) >= 11 is 3.13. The largest absolute Gasteiger partial charge is 0.333 e. The van der Waals surface area contributed by atoms with E-state index in [1.165, 1.54) is 6.20 Å². The fourth-order valence-corrected chi connectivity index (χ4v) is 2.25. The van der Waals surface area contributed by atoms with Gasteiger partial charge in [-0.2, -0.15) is 0 Å². The number of H-pyrrole nitrogens is 1. The summed E-state index contributed by atoms with van der Waals surface area (Å²) < 4.78 is 0.381. The van der Waals surface area contributed by atoms with E-state index in [1.807, 2.05) is 11.8 Å². The van der Waals surface area contributed by atoms with E-state index in [1.54, 1.807) is 6.07 Å². The Morgan fingerprint density at radius 1 is 1.59 bits per heavy atom. The lowest BCUT2D eigenvalue weighted by Gasteiger charge is -2.34. The summed E-state index contributed by atoms with van der Waals surface area (Å²) in [6.45, 7) is 4.30. The van der Waals surface area contributed by atoms with Gasteiger partial charge in [0.1, 0.15) is 0 Å². The zero-order valence-corrected chi connectivity index (χ0v) is 11.1. The molecule has 0 radical (unpaired) electrons. The number of nitrogens with zero attached hydrogens (tertiary/aromatic N) is 1. The Hall–Kier alpha value is -1.14. The van der Waals surface area contributed by atoms with Crippen molar-refractivity contribution in [2.45, 2.75) is 13.0 Å². The molecule has 1 atom stereocenters. The molecule has 1 aromatic rings. The molecule has 92 valence electrons. The van der Waals surface area contributed by atoms with Crippen LogP contribution in [0, 0.1) is 0 Å². The number of aromatic nitrogens is 1. The number of nitrogens with one attached hydrogen (secondary N) is 2. The smallest absolute Gasteiger partial charge is 0.262 e. The molecule has 1 fully saturated rings. The van der Waals surface area contributed by atoms with Crippen LogP contribution in [0.3, 0.4) is 0 Å². The predicted molar refractivity (Wildman–Crippen MR) is 68.1 cm³/mol. The van der Waals surface area contributed by atoms with Gasteiger partial charge in [-0.1, -0.05) is 0 Å². The first-order chi connectivity index (χ1) is 8.09. The molecule has 1 aliphatic heterocycles. The number of hydrogen-bond donors (Lipinski definition) is 2. The molecule has 0 aliphatic carbocycles. The van der Waals surface area contributed by atoms with Gasteiger partial charge in [0.05, 0.1) is 10.0 Å². The Bertz CT molecular complexity index is 486. The summed E-state index contributed by atoms with van der Waals surface area (Å²) in [5, 5.41) is 3.23. The highest BCUT2D eigenvalue weighted by molar-refractivity contribution is 9.10. The molecule has 2 heterocycles. The number of pyridine rings is 1. The second kappa shape index (κ2) is 5.01. The summed E-state index contributed by atoms with van der Waals surface area (Å²) in [6, 6.07) is 1.73. The highest BCUT2D eigenvalue weighted by atomic mass is 79.9. The van der Waals surface area contributed by atoms with Crippen LogP contribution in [0.1, 0.15) is 17.3 Å². The van der Waals surface area contributed by atoms with Gasteiger partial charge in [-0.15, -0.1) is 0 Å². The summed E-state index contributed by atoms with van der Waals surface area (Å²) in [7, 11) is 0. The second-order valence-electron chi connectivity index (χ2n) is 4.12. The van der Waals surface area contributed by atoms with Crippen LogP contribution < -0.4 is 10.9 Å². The fraction of sp³-hybridized carbons (Fsp3) is 0.455. The molecule has 2 N–H and O–H groups in total. The number of piperazine rings is 1. The molecule has 5 nitrogen and oxygen atoms in total. The molecule has 0 unspecified atom stereocenters. The van der Waals surface area contributed by atoms with Gasteiger partial charge in [0.2, 0.25) is 0 Å². The van der Waals surface area contributed by atoms with Gasteiger partial charge < -0.3 is 15.2 Å². The van der Waals surface area contributed by atoms with Gasteiger partial charge in [0, 0.05) is 31.9 Å². The quantitative estimate of drug-likeness (QED) is 0.797. The third-order valence-corrected chi connectivity index (χ3v) is 3.46. The maximum absolute atomic E-state index is 12.2. The van der Waals surface area contributed by atoms with E-state index in [0.717, 1.165) is 13.1 Å². The summed E-state index contributed by atoms with van der Waals surface area (Å²) in [5.41, 5.74) is 0.278. The molecule has 1 saturated heterocycles. The zero-order chi connectivity index (χ0) is 12.4. The molecule has 0 aromatic carbocycles. The first-order valence-electron chi connectivity index (χ1n) is 5.49. The minimum atomic E-state index is -0.227. The predicted octanol–water partition coefficient (Wildman–Crippen LogP) is 0.571. The third-order valence-electron chi connectivity index (χ3n) is 2.87. The molecule has 2 rings (SSSR count). The number of aromatic amines is 1. The second-order valence-corrected chi connectivity index (χ2v) is 4.97. The van der Waals surface area contributed by atoms with Crippen LogP contribution in [0.15, 0.2) is 21.5 Å². The van der Waals surface area contributed by atoms with E-state index in [9.17, 15) is 9.59 Å². The number of hydrogen-bond acceptors (Lipinski definition) is 3. The molecule has 1 aromatic heterocycles. The van der Waals surface area contributed by atoms with Crippen molar-refractivity contribution >= 4 is 21.8 Å². The Kier molecular flexibility index (Phi) is 3.63. The molecule has 0 bridgehead atoms. The van der Waals surface area contributed by atoms with E-state index < -0.39 is 0 Å². The molecular weight excluding hydrogens is 286 g/mol. The summed E-state index contributed by atoms with van der Waals surface area (Å²) in [4.78, 5) is 27.8. The molecule has 1 aliphatic rings. The van der Waals surface area contributed by atoms with Crippen LogP contribution in [-0.2, 0) is 0 Å². The molecular formula is C11H14BrN3O2. The van der Waals surface area contributed by atoms with Crippen molar-refractivity contribution in [3.05, 3.63) is 32.7 Å². The Labute approximate surface area is 107 Å². The number of carbonyl (C=O) groups excluding carboxylic acids is 1. The zero-order valence-electron chi connectivity index (χ0n) is 9.50. The summed E-state index contributed by atoms with van der Waals surface area (Å²) in [6.07, 6.45) is 1.46. The van der Waals surface area contributed by atoms with Crippen LogP contribution in [0.5, 0.6) is 0 Å². The maximum Gasteiger partial charge on any atom is 0.262 e. The van der Waals surface area contributed by atoms with Gasteiger partial charge in [0.15, 0.2) is 0 Å². The van der Waals surface area contributed by atoms with Gasteiger partial charge in [0.25, 0.3) is 11.5 Å². The molecule has 6 heteroatoms. The van der Waals surface area contributed by atoms with E-state index >= 15 is 0 Å². The van der Waals surface area contributed by atoms with Crippen molar-refractivity contribution in [1.29, 1.82) is 0 Å². The van der Waals surface area contributed by atoms with E-state index in [2.05, 4.69) is 26.2 Å². The fourth-order valence-electron chi connectivity index (χ4n) is 1.89. The lowest BCUT2D eigenvalue weighted by atomic mass is 10.1. The normalized spacial score (nSPS) is 20.4. The topological polar surface area (TPSA) is 65.2 Å². The van der Waals surface area contributed by atoms with Crippen LogP contribution in [0.4, 0.5) is 0 Å². The molecule has 0 saturated carbocycles. The standard InChI is InChI=1S/C11H14BrN3O2/c1-7-5-13-2-3-15(7)11(17)8-4-9(12)10(16)14-6-8/h4,6-7,13H,2-3,5H2,1H3,(H,14,16)/t7-/m0/s1. The lowest BCUT2D eigenvalue weighted by Crippen LogP contribution is -2.52. The van der Waals surface area contributed by atoms with Gasteiger partial charge in [-0.05, 0) is 28.9 Å². The van der Waals surface area contributed by atoms with E-state index in [4.69, 9.17) is 0 Å². The minimum Gasteiger partial charge on any atom is -0.333 e. The Morgan fingerprint density at radius 3 is 3.00 bits per heavy atom. The lowest BCUT2D eigenvalue weighted by molar-refractivity contribution is 0.0655. The Morgan fingerprint density at radius 2 is 2.35 bits per heavy atom. The number of halogens is 1. The van der Waals surface area contributed by atoms with Crippen LogP contribution >= 0.6 is 15.9 Å².